The van der Waals surface area contributed by atoms with Crippen LogP contribution in [0.3, 0.4) is 0 Å². The molecule has 0 saturated carbocycles. The fraction of sp³-hybridized carbons (Fsp3) is 0.533. The van der Waals surface area contributed by atoms with E-state index in [-0.39, 0.29) is 30.0 Å². The summed E-state index contributed by atoms with van der Waals surface area (Å²) in [5, 5.41) is 6.55. The van der Waals surface area contributed by atoms with Gasteiger partial charge in [0, 0.05) is 19.7 Å². The number of nitrogens with one attached hydrogen (secondary N) is 2. The zero-order chi connectivity index (χ0) is 14.1. The first kappa shape index (κ1) is 19.2. The van der Waals surface area contributed by atoms with E-state index in [9.17, 15) is 0 Å². The number of ether oxygens (including phenoxy) is 1. The summed E-state index contributed by atoms with van der Waals surface area (Å²) in [5.74, 6) is 0.827. The van der Waals surface area contributed by atoms with Gasteiger partial charge in [-0.25, -0.2) is 4.99 Å². The fourth-order valence-corrected chi connectivity index (χ4v) is 1.71. The molecular formula is C15H26IN3O. The van der Waals surface area contributed by atoms with Gasteiger partial charge in [-0.2, -0.15) is 0 Å². The fourth-order valence-electron chi connectivity index (χ4n) is 1.71. The summed E-state index contributed by atoms with van der Waals surface area (Å²) in [7, 11) is 1.70. The molecule has 0 aliphatic carbocycles. The number of halogens is 1. The van der Waals surface area contributed by atoms with Crippen molar-refractivity contribution < 1.29 is 4.74 Å². The monoisotopic (exact) mass is 391 g/mol. The Hall–Kier alpha value is -0.820. The highest BCUT2D eigenvalue weighted by Gasteiger charge is 2.04. The quantitative estimate of drug-likeness (QED) is 0.445. The lowest BCUT2D eigenvalue weighted by Gasteiger charge is -2.17. The van der Waals surface area contributed by atoms with Crippen LogP contribution in [0.1, 0.15) is 25.0 Å². The van der Waals surface area contributed by atoms with E-state index >= 15 is 0 Å². The number of rotatable bonds is 6. The highest BCUT2D eigenvalue weighted by Crippen LogP contribution is 2.04. The van der Waals surface area contributed by atoms with Crippen LogP contribution in [0.25, 0.3) is 0 Å². The summed E-state index contributed by atoms with van der Waals surface area (Å²) < 4.78 is 5.11. The molecule has 0 heterocycles. The van der Waals surface area contributed by atoms with Crippen molar-refractivity contribution in [3.63, 3.8) is 0 Å². The lowest BCUT2D eigenvalue weighted by Crippen LogP contribution is -2.43. The van der Waals surface area contributed by atoms with Crippen LogP contribution in [-0.2, 0) is 11.3 Å². The number of aliphatic imine (C=N–C) groups is 1. The minimum atomic E-state index is 0. The van der Waals surface area contributed by atoms with Gasteiger partial charge in [0.25, 0.3) is 0 Å². The van der Waals surface area contributed by atoms with E-state index in [1.165, 1.54) is 11.1 Å². The average Bonchev–Trinajstić information content (AvgIpc) is 2.38. The van der Waals surface area contributed by atoms with E-state index in [4.69, 9.17) is 4.74 Å². The lowest BCUT2D eigenvalue weighted by atomic mass is 10.1. The van der Waals surface area contributed by atoms with Gasteiger partial charge < -0.3 is 15.4 Å². The molecule has 20 heavy (non-hydrogen) atoms. The molecule has 0 aliphatic rings. The lowest BCUT2D eigenvalue weighted by molar-refractivity contribution is 0.179. The third-order valence-electron chi connectivity index (χ3n) is 2.68. The summed E-state index contributed by atoms with van der Waals surface area (Å²) in [5.41, 5.74) is 2.48. The molecule has 114 valence electrons. The summed E-state index contributed by atoms with van der Waals surface area (Å²) in [4.78, 5) is 4.57. The Bertz CT molecular complexity index is 393. The summed E-state index contributed by atoms with van der Waals surface area (Å²) in [6.45, 7) is 8.40. The number of hydrogen-bond acceptors (Lipinski definition) is 2. The topological polar surface area (TPSA) is 45.7 Å². The maximum Gasteiger partial charge on any atom is 0.191 e. The Morgan fingerprint density at radius 3 is 2.50 bits per heavy atom. The van der Waals surface area contributed by atoms with Gasteiger partial charge in [0.1, 0.15) is 0 Å². The third-order valence-corrected chi connectivity index (χ3v) is 2.68. The van der Waals surface area contributed by atoms with E-state index in [0.29, 0.717) is 13.2 Å². The highest BCUT2D eigenvalue weighted by molar-refractivity contribution is 14.0. The van der Waals surface area contributed by atoms with Crippen molar-refractivity contribution in [2.75, 3.05) is 20.3 Å². The second-order valence-corrected chi connectivity index (χ2v) is 4.68. The number of methoxy groups -OCH3 is 1. The molecule has 0 fully saturated rings. The number of benzene rings is 1. The van der Waals surface area contributed by atoms with E-state index in [1.54, 1.807) is 7.11 Å². The van der Waals surface area contributed by atoms with Gasteiger partial charge in [0.15, 0.2) is 5.96 Å². The smallest absolute Gasteiger partial charge is 0.191 e. The number of nitrogens with zero attached hydrogens (tertiary/aromatic N) is 1. The van der Waals surface area contributed by atoms with E-state index in [2.05, 4.69) is 60.7 Å². The molecule has 2 N–H and O–H groups in total. The van der Waals surface area contributed by atoms with Crippen molar-refractivity contribution in [2.24, 2.45) is 4.99 Å². The van der Waals surface area contributed by atoms with Crippen LogP contribution in [0.5, 0.6) is 0 Å². The Morgan fingerprint density at radius 1 is 1.30 bits per heavy atom. The molecule has 0 radical (unpaired) electrons. The minimum Gasteiger partial charge on any atom is -0.383 e. The van der Waals surface area contributed by atoms with Crippen LogP contribution < -0.4 is 10.6 Å². The molecule has 1 atom stereocenters. The van der Waals surface area contributed by atoms with Gasteiger partial charge in [-0.05, 0) is 26.3 Å². The standard InChI is InChI=1S/C15H25N3O.HI/c1-5-16-15(18-13(3)11-19-4)17-10-14-8-6-12(2)7-9-14;/h6-9,13H,5,10-11H2,1-4H3,(H2,16,17,18);1H. The Balaban J connectivity index is 0.00000361. The van der Waals surface area contributed by atoms with Crippen LogP contribution in [0.4, 0.5) is 0 Å². The van der Waals surface area contributed by atoms with Gasteiger partial charge in [-0.3, -0.25) is 0 Å². The summed E-state index contributed by atoms with van der Waals surface area (Å²) >= 11 is 0. The first-order valence-corrected chi connectivity index (χ1v) is 6.75. The van der Waals surface area contributed by atoms with Crippen LogP contribution in [-0.4, -0.2) is 32.3 Å². The van der Waals surface area contributed by atoms with Crippen LogP contribution in [0, 0.1) is 6.92 Å². The maximum atomic E-state index is 5.11. The SMILES string of the molecule is CCNC(=NCc1ccc(C)cc1)NC(C)COC.I. The van der Waals surface area contributed by atoms with E-state index < -0.39 is 0 Å². The summed E-state index contributed by atoms with van der Waals surface area (Å²) in [6, 6.07) is 8.68. The number of guanidine groups is 1. The van der Waals surface area contributed by atoms with E-state index in [1.807, 2.05) is 0 Å². The molecule has 1 unspecified atom stereocenters. The zero-order valence-electron chi connectivity index (χ0n) is 12.8. The van der Waals surface area contributed by atoms with Crippen molar-refractivity contribution in [3.05, 3.63) is 35.4 Å². The van der Waals surface area contributed by atoms with Crippen LogP contribution >= 0.6 is 24.0 Å². The Morgan fingerprint density at radius 2 is 1.95 bits per heavy atom. The van der Waals surface area contributed by atoms with Crippen molar-refractivity contribution in [1.29, 1.82) is 0 Å². The molecule has 0 aromatic heterocycles. The predicted molar refractivity (Wildman–Crippen MR) is 95.9 cm³/mol. The molecular weight excluding hydrogens is 365 g/mol. The van der Waals surface area contributed by atoms with Crippen LogP contribution in [0.2, 0.25) is 0 Å². The molecule has 5 heteroatoms. The third kappa shape index (κ3) is 7.69. The minimum absolute atomic E-state index is 0. The second-order valence-electron chi connectivity index (χ2n) is 4.68. The molecule has 0 bridgehead atoms. The van der Waals surface area contributed by atoms with Gasteiger partial charge in [-0.15, -0.1) is 24.0 Å². The molecule has 1 rings (SSSR count). The predicted octanol–water partition coefficient (Wildman–Crippen LogP) is 2.70. The van der Waals surface area contributed by atoms with E-state index in [0.717, 1.165) is 12.5 Å². The highest BCUT2D eigenvalue weighted by atomic mass is 127. The molecule has 1 aromatic carbocycles. The van der Waals surface area contributed by atoms with Gasteiger partial charge in [-0.1, -0.05) is 29.8 Å². The molecule has 0 saturated heterocycles. The van der Waals surface area contributed by atoms with Crippen molar-refractivity contribution in [3.8, 4) is 0 Å². The number of hydrogen-bond donors (Lipinski definition) is 2. The van der Waals surface area contributed by atoms with Gasteiger partial charge in [0.2, 0.25) is 0 Å². The Labute approximate surface area is 139 Å². The zero-order valence-corrected chi connectivity index (χ0v) is 15.1. The van der Waals surface area contributed by atoms with Crippen LogP contribution in [0.15, 0.2) is 29.3 Å². The summed E-state index contributed by atoms with van der Waals surface area (Å²) in [6.07, 6.45) is 0. The normalized spacial score (nSPS) is 12.5. The molecule has 1 aromatic rings. The molecule has 0 amide bonds. The Kier molecular flexibility index (Phi) is 10.5. The van der Waals surface area contributed by atoms with Crippen molar-refractivity contribution in [1.82, 2.24) is 10.6 Å². The second kappa shape index (κ2) is 10.9. The van der Waals surface area contributed by atoms with Gasteiger partial charge in [0.05, 0.1) is 13.2 Å². The number of aryl methyl sites for hydroxylation is 1. The molecule has 0 spiro atoms. The average molecular weight is 391 g/mol. The molecule has 4 nitrogen and oxygen atoms in total. The largest absolute Gasteiger partial charge is 0.383 e. The first-order chi connectivity index (χ1) is 9.15. The van der Waals surface area contributed by atoms with Crippen molar-refractivity contribution >= 4 is 29.9 Å². The van der Waals surface area contributed by atoms with Crippen molar-refractivity contribution in [2.45, 2.75) is 33.4 Å². The van der Waals surface area contributed by atoms with Gasteiger partial charge >= 0.3 is 0 Å². The first-order valence-electron chi connectivity index (χ1n) is 6.75. The molecule has 0 aliphatic heterocycles. The maximum absolute atomic E-state index is 5.11.